The summed E-state index contributed by atoms with van der Waals surface area (Å²) in [6.07, 6.45) is 4.45. The average Bonchev–Trinajstić information content (AvgIpc) is 2.40. The third kappa shape index (κ3) is 3.44. The van der Waals surface area contributed by atoms with Gasteiger partial charge in [0.2, 0.25) is 5.91 Å². The molecule has 104 valence electrons. The molecule has 0 atom stereocenters. The van der Waals surface area contributed by atoms with Gasteiger partial charge in [0, 0.05) is 38.6 Å². The molecular weight excluding hydrogens is 231 g/mol. The van der Waals surface area contributed by atoms with Crippen molar-refractivity contribution >= 4 is 5.91 Å². The van der Waals surface area contributed by atoms with Crippen molar-refractivity contribution in [3.8, 4) is 0 Å². The van der Waals surface area contributed by atoms with Crippen LogP contribution in [0.5, 0.6) is 0 Å². The molecule has 1 aliphatic carbocycles. The Morgan fingerprint density at radius 1 is 1.11 bits per heavy atom. The highest BCUT2D eigenvalue weighted by atomic mass is 19.1. The van der Waals surface area contributed by atoms with Crippen molar-refractivity contribution in [2.75, 3.05) is 26.2 Å². The van der Waals surface area contributed by atoms with E-state index in [4.69, 9.17) is 0 Å². The van der Waals surface area contributed by atoms with Gasteiger partial charge in [0.25, 0.3) is 0 Å². The standard InChI is InChI=1S/C14H25FN2O/c1-2-3-14(18)17-10-8-16(9-11-17)13-6-4-12(15)5-7-13/h12-13H,2-11H2,1H3. The SMILES string of the molecule is CCCC(=O)N1CCN(C2CCC(F)CC2)CC1. The van der Waals surface area contributed by atoms with Crippen LogP contribution in [0.3, 0.4) is 0 Å². The maximum Gasteiger partial charge on any atom is 0.222 e. The van der Waals surface area contributed by atoms with Crippen LogP contribution in [0.25, 0.3) is 0 Å². The molecule has 2 aliphatic rings. The van der Waals surface area contributed by atoms with Crippen molar-refractivity contribution in [3.63, 3.8) is 0 Å². The number of alkyl halides is 1. The number of piperazine rings is 1. The van der Waals surface area contributed by atoms with E-state index in [2.05, 4.69) is 4.90 Å². The summed E-state index contributed by atoms with van der Waals surface area (Å²) in [5.74, 6) is 0.296. The normalized spacial score (nSPS) is 30.4. The van der Waals surface area contributed by atoms with Gasteiger partial charge in [-0.15, -0.1) is 0 Å². The Kier molecular flexibility index (Phi) is 4.98. The molecule has 0 N–H and O–H groups in total. The number of rotatable bonds is 3. The Balaban J connectivity index is 1.74. The topological polar surface area (TPSA) is 23.6 Å². The Morgan fingerprint density at radius 2 is 1.72 bits per heavy atom. The van der Waals surface area contributed by atoms with E-state index in [1.807, 2.05) is 11.8 Å². The second kappa shape index (κ2) is 6.50. The van der Waals surface area contributed by atoms with Gasteiger partial charge < -0.3 is 4.90 Å². The molecule has 18 heavy (non-hydrogen) atoms. The minimum atomic E-state index is -0.575. The third-order valence-corrected chi connectivity index (χ3v) is 4.27. The first-order valence-corrected chi connectivity index (χ1v) is 7.36. The first kappa shape index (κ1) is 13.8. The fourth-order valence-electron chi connectivity index (χ4n) is 3.11. The van der Waals surface area contributed by atoms with Gasteiger partial charge in [-0.3, -0.25) is 9.69 Å². The molecule has 2 fully saturated rings. The lowest BCUT2D eigenvalue weighted by Gasteiger charge is -2.41. The van der Waals surface area contributed by atoms with Crippen LogP contribution < -0.4 is 0 Å². The molecule has 0 aromatic heterocycles. The zero-order chi connectivity index (χ0) is 13.0. The second-order valence-corrected chi connectivity index (χ2v) is 5.57. The van der Waals surface area contributed by atoms with E-state index in [1.165, 1.54) is 0 Å². The lowest BCUT2D eigenvalue weighted by Crippen LogP contribution is -2.52. The van der Waals surface area contributed by atoms with E-state index < -0.39 is 6.17 Å². The van der Waals surface area contributed by atoms with Gasteiger partial charge in [0.1, 0.15) is 6.17 Å². The molecule has 0 unspecified atom stereocenters. The molecule has 4 heteroatoms. The first-order chi connectivity index (χ1) is 8.70. The zero-order valence-corrected chi connectivity index (χ0v) is 11.4. The molecule has 0 aromatic rings. The fraction of sp³-hybridized carbons (Fsp3) is 0.929. The lowest BCUT2D eigenvalue weighted by atomic mass is 9.92. The van der Waals surface area contributed by atoms with E-state index >= 15 is 0 Å². The minimum Gasteiger partial charge on any atom is -0.340 e. The number of carbonyl (C=O) groups is 1. The van der Waals surface area contributed by atoms with Gasteiger partial charge in [0.15, 0.2) is 0 Å². The summed E-state index contributed by atoms with van der Waals surface area (Å²) in [6.45, 7) is 5.69. The van der Waals surface area contributed by atoms with E-state index in [9.17, 15) is 9.18 Å². The molecule has 2 rings (SSSR count). The zero-order valence-electron chi connectivity index (χ0n) is 11.4. The Morgan fingerprint density at radius 3 is 2.28 bits per heavy atom. The van der Waals surface area contributed by atoms with Crippen molar-refractivity contribution in [2.45, 2.75) is 57.7 Å². The Hall–Kier alpha value is -0.640. The van der Waals surface area contributed by atoms with Crippen molar-refractivity contribution in [2.24, 2.45) is 0 Å². The van der Waals surface area contributed by atoms with Crippen molar-refractivity contribution < 1.29 is 9.18 Å². The quantitative estimate of drug-likeness (QED) is 0.773. The van der Waals surface area contributed by atoms with Gasteiger partial charge in [-0.25, -0.2) is 4.39 Å². The Labute approximate surface area is 109 Å². The number of hydrogen-bond donors (Lipinski definition) is 0. The molecule has 1 amide bonds. The van der Waals surface area contributed by atoms with E-state index in [-0.39, 0.29) is 0 Å². The monoisotopic (exact) mass is 256 g/mol. The van der Waals surface area contributed by atoms with Crippen molar-refractivity contribution in [1.29, 1.82) is 0 Å². The van der Waals surface area contributed by atoms with Crippen LogP contribution in [0.15, 0.2) is 0 Å². The van der Waals surface area contributed by atoms with Crippen LogP contribution in [0.1, 0.15) is 45.4 Å². The van der Waals surface area contributed by atoms with Crippen molar-refractivity contribution in [3.05, 3.63) is 0 Å². The summed E-state index contributed by atoms with van der Waals surface area (Å²) < 4.78 is 13.1. The van der Waals surface area contributed by atoms with Gasteiger partial charge in [-0.1, -0.05) is 6.92 Å². The summed E-state index contributed by atoms with van der Waals surface area (Å²) in [4.78, 5) is 16.2. The number of nitrogens with zero attached hydrogens (tertiary/aromatic N) is 2. The average molecular weight is 256 g/mol. The first-order valence-electron chi connectivity index (χ1n) is 7.36. The summed E-state index contributed by atoms with van der Waals surface area (Å²) in [5, 5.41) is 0. The summed E-state index contributed by atoms with van der Waals surface area (Å²) in [5.41, 5.74) is 0. The summed E-state index contributed by atoms with van der Waals surface area (Å²) >= 11 is 0. The number of halogens is 1. The van der Waals surface area contributed by atoms with Crippen molar-refractivity contribution in [1.82, 2.24) is 9.80 Å². The molecular formula is C14H25FN2O. The molecule has 0 radical (unpaired) electrons. The van der Waals surface area contributed by atoms with E-state index in [0.717, 1.165) is 58.3 Å². The molecule has 1 aliphatic heterocycles. The third-order valence-electron chi connectivity index (χ3n) is 4.27. The maximum absolute atomic E-state index is 13.1. The molecule has 0 spiro atoms. The predicted octanol–water partition coefficient (Wildman–Crippen LogP) is 2.21. The van der Waals surface area contributed by atoms with Gasteiger partial charge in [-0.2, -0.15) is 0 Å². The highest BCUT2D eigenvalue weighted by Gasteiger charge is 2.29. The number of hydrogen-bond acceptors (Lipinski definition) is 2. The van der Waals surface area contributed by atoms with Crippen LogP contribution in [0.2, 0.25) is 0 Å². The molecule has 1 heterocycles. The van der Waals surface area contributed by atoms with E-state index in [0.29, 0.717) is 18.4 Å². The largest absolute Gasteiger partial charge is 0.340 e. The minimum absolute atomic E-state index is 0.296. The van der Waals surface area contributed by atoms with Crippen LogP contribution in [-0.2, 0) is 4.79 Å². The molecule has 3 nitrogen and oxygen atoms in total. The van der Waals surface area contributed by atoms with Crippen LogP contribution in [-0.4, -0.2) is 54.1 Å². The fourth-order valence-corrected chi connectivity index (χ4v) is 3.11. The second-order valence-electron chi connectivity index (χ2n) is 5.57. The van der Waals surface area contributed by atoms with E-state index in [1.54, 1.807) is 0 Å². The predicted molar refractivity (Wildman–Crippen MR) is 70.2 cm³/mol. The van der Waals surface area contributed by atoms with Gasteiger partial charge in [0.05, 0.1) is 0 Å². The number of amides is 1. The maximum atomic E-state index is 13.1. The number of carbonyl (C=O) groups excluding carboxylic acids is 1. The summed E-state index contributed by atoms with van der Waals surface area (Å²) in [7, 11) is 0. The molecule has 0 bridgehead atoms. The van der Waals surface area contributed by atoms with Crippen LogP contribution >= 0.6 is 0 Å². The lowest BCUT2D eigenvalue weighted by molar-refractivity contribution is -0.133. The molecule has 1 saturated heterocycles. The smallest absolute Gasteiger partial charge is 0.222 e. The van der Waals surface area contributed by atoms with Crippen LogP contribution in [0.4, 0.5) is 4.39 Å². The summed E-state index contributed by atoms with van der Waals surface area (Å²) in [6, 6.07) is 0.556. The van der Waals surface area contributed by atoms with Gasteiger partial charge in [-0.05, 0) is 32.1 Å². The molecule has 0 aromatic carbocycles. The highest BCUT2D eigenvalue weighted by Crippen LogP contribution is 2.25. The van der Waals surface area contributed by atoms with Gasteiger partial charge >= 0.3 is 0 Å². The highest BCUT2D eigenvalue weighted by molar-refractivity contribution is 5.76. The Bertz CT molecular complexity index is 269. The van der Waals surface area contributed by atoms with Crippen LogP contribution in [0, 0.1) is 0 Å². The molecule has 1 saturated carbocycles.